The molecule has 2 atom stereocenters. The van der Waals surface area contributed by atoms with Crippen LogP contribution in [0, 0.1) is 0 Å². The van der Waals surface area contributed by atoms with E-state index in [4.69, 9.17) is 9.47 Å². The number of morpholine rings is 1. The Bertz CT molecular complexity index is 1110. The minimum Gasteiger partial charge on any atom is -0.496 e. The number of benzene rings is 2. The second kappa shape index (κ2) is 10.7. The van der Waals surface area contributed by atoms with Crippen LogP contribution in [-0.4, -0.2) is 75.0 Å². The van der Waals surface area contributed by atoms with E-state index in [1.54, 1.807) is 33.9 Å². The van der Waals surface area contributed by atoms with Gasteiger partial charge in [0, 0.05) is 38.1 Å². The lowest BCUT2D eigenvalue weighted by atomic mass is 9.73. The van der Waals surface area contributed by atoms with Gasteiger partial charge in [0.1, 0.15) is 5.75 Å². The van der Waals surface area contributed by atoms with Gasteiger partial charge in [0.2, 0.25) is 0 Å². The molecule has 2 heterocycles. The van der Waals surface area contributed by atoms with Gasteiger partial charge in [-0.1, -0.05) is 42.5 Å². The first-order chi connectivity index (χ1) is 16.7. The van der Waals surface area contributed by atoms with Gasteiger partial charge in [-0.15, -0.1) is 0 Å². The zero-order chi connectivity index (χ0) is 25.1. The molecule has 0 saturated carbocycles. The average molecular weight is 502 g/mol. The van der Waals surface area contributed by atoms with Crippen LogP contribution in [0.15, 0.2) is 54.6 Å². The summed E-state index contributed by atoms with van der Waals surface area (Å²) < 4.78 is 41.0. The zero-order valence-corrected chi connectivity index (χ0v) is 21.5. The molecule has 2 aromatic rings. The molecule has 0 radical (unpaired) electrons. The van der Waals surface area contributed by atoms with Crippen molar-refractivity contribution < 1.29 is 22.7 Å². The quantitative estimate of drug-likeness (QED) is 0.630. The van der Waals surface area contributed by atoms with Gasteiger partial charge >= 0.3 is 0 Å². The van der Waals surface area contributed by atoms with Crippen LogP contribution in [0.5, 0.6) is 5.75 Å². The van der Waals surface area contributed by atoms with E-state index in [9.17, 15) is 13.2 Å². The van der Waals surface area contributed by atoms with E-state index in [0.717, 1.165) is 5.56 Å². The number of nitrogens with zero attached hydrogens (tertiary/aromatic N) is 2. The lowest BCUT2D eigenvalue weighted by molar-refractivity contribution is -0.0457. The van der Waals surface area contributed by atoms with Crippen LogP contribution in [0.1, 0.15) is 42.6 Å². The molecule has 35 heavy (non-hydrogen) atoms. The fraction of sp³-hybridized carbons (Fsp3) is 0.500. The van der Waals surface area contributed by atoms with E-state index in [0.29, 0.717) is 56.9 Å². The standard InChI is InChI=1S/C26H35N3O5S/c1-20-17-29(18-21(2)34-20)35(31,32)28-15-13-26(14-16-28,22-9-5-4-6-10-22)19-27-25(30)23-11-7-8-12-24(23)33-3/h4-12,20-21H,13-19H2,1-3H3,(H,27,30). The third kappa shape index (κ3) is 5.53. The minimum absolute atomic E-state index is 0.132. The van der Waals surface area contributed by atoms with Gasteiger partial charge in [-0.05, 0) is 44.4 Å². The molecule has 2 aliphatic heterocycles. The second-order valence-electron chi connectivity index (χ2n) is 9.51. The molecule has 0 bridgehead atoms. The summed E-state index contributed by atoms with van der Waals surface area (Å²) in [6.45, 7) is 5.72. The molecule has 0 spiro atoms. The fourth-order valence-corrected chi connectivity index (χ4v) is 6.93. The van der Waals surface area contributed by atoms with Gasteiger partial charge in [-0.2, -0.15) is 17.0 Å². The van der Waals surface area contributed by atoms with Crippen molar-refractivity contribution in [2.45, 2.75) is 44.3 Å². The van der Waals surface area contributed by atoms with E-state index in [1.165, 1.54) is 0 Å². The number of hydrogen-bond acceptors (Lipinski definition) is 5. The molecule has 1 N–H and O–H groups in total. The Morgan fingerprint density at radius 2 is 1.60 bits per heavy atom. The molecule has 4 rings (SSSR count). The van der Waals surface area contributed by atoms with Crippen molar-refractivity contribution >= 4 is 16.1 Å². The highest BCUT2D eigenvalue weighted by molar-refractivity contribution is 7.86. The normalized spacial score (nSPS) is 23.5. The first-order valence-electron chi connectivity index (χ1n) is 12.1. The van der Waals surface area contributed by atoms with Gasteiger partial charge in [0.15, 0.2) is 0 Å². The summed E-state index contributed by atoms with van der Waals surface area (Å²) in [5, 5.41) is 3.10. The first kappa shape index (κ1) is 25.6. The first-order valence-corrected chi connectivity index (χ1v) is 13.5. The third-order valence-electron chi connectivity index (χ3n) is 7.04. The Balaban J connectivity index is 1.50. The Morgan fingerprint density at radius 1 is 1.00 bits per heavy atom. The lowest BCUT2D eigenvalue weighted by Gasteiger charge is -2.44. The van der Waals surface area contributed by atoms with Crippen molar-refractivity contribution in [1.29, 1.82) is 0 Å². The van der Waals surface area contributed by atoms with Gasteiger partial charge in [0.05, 0.1) is 24.9 Å². The molecule has 0 aliphatic carbocycles. The molecular weight excluding hydrogens is 466 g/mol. The molecule has 1 amide bonds. The number of piperidine rings is 1. The maximum atomic E-state index is 13.4. The van der Waals surface area contributed by atoms with Gasteiger partial charge in [0.25, 0.3) is 16.1 Å². The molecule has 2 fully saturated rings. The van der Waals surface area contributed by atoms with E-state index >= 15 is 0 Å². The summed E-state index contributed by atoms with van der Waals surface area (Å²) in [5.74, 6) is 0.317. The number of ether oxygens (including phenoxy) is 2. The van der Waals surface area contributed by atoms with Crippen LogP contribution >= 0.6 is 0 Å². The zero-order valence-electron chi connectivity index (χ0n) is 20.6. The summed E-state index contributed by atoms with van der Waals surface area (Å²) in [7, 11) is -2.04. The van der Waals surface area contributed by atoms with Crippen molar-refractivity contribution in [1.82, 2.24) is 13.9 Å². The second-order valence-corrected chi connectivity index (χ2v) is 11.4. The maximum absolute atomic E-state index is 13.4. The van der Waals surface area contributed by atoms with Crippen molar-refractivity contribution in [2.75, 3.05) is 39.8 Å². The maximum Gasteiger partial charge on any atom is 0.282 e. The number of carbonyl (C=O) groups is 1. The SMILES string of the molecule is COc1ccccc1C(=O)NCC1(c2ccccc2)CCN(S(=O)(=O)N2CC(C)OC(C)C2)CC1. The largest absolute Gasteiger partial charge is 0.496 e. The van der Waals surface area contributed by atoms with Gasteiger partial charge in [-0.25, -0.2) is 0 Å². The van der Waals surface area contributed by atoms with Crippen LogP contribution in [0.25, 0.3) is 0 Å². The number of hydrogen-bond donors (Lipinski definition) is 1. The molecule has 0 aromatic heterocycles. The van der Waals surface area contributed by atoms with Gasteiger partial charge in [-0.3, -0.25) is 4.79 Å². The molecule has 190 valence electrons. The summed E-state index contributed by atoms with van der Waals surface area (Å²) in [4.78, 5) is 13.0. The van der Waals surface area contributed by atoms with Crippen molar-refractivity contribution in [2.24, 2.45) is 0 Å². The van der Waals surface area contributed by atoms with Crippen molar-refractivity contribution in [3.05, 3.63) is 65.7 Å². The van der Waals surface area contributed by atoms with Crippen LogP contribution in [-0.2, 0) is 20.4 Å². The highest BCUT2D eigenvalue weighted by atomic mass is 32.2. The molecule has 2 aliphatic rings. The number of methoxy groups -OCH3 is 1. The summed E-state index contributed by atoms with van der Waals surface area (Å²) in [6.07, 6.45) is 0.953. The van der Waals surface area contributed by atoms with Crippen LogP contribution in [0.2, 0.25) is 0 Å². The number of carbonyl (C=O) groups excluding carboxylic acids is 1. The molecule has 2 saturated heterocycles. The van der Waals surface area contributed by atoms with Crippen LogP contribution in [0.3, 0.4) is 0 Å². The Kier molecular flexibility index (Phi) is 7.80. The molecule has 2 aromatic carbocycles. The van der Waals surface area contributed by atoms with Crippen LogP contribution in [0.4, 0.5) is 0 Å². The van der Waals surface area contributed by atoms with Gasteiger partial charge < -0.3 is 14.8 Å². The third-order valence-corrected chi connectivity index (χ3v) is 9.01. The summed E-state index contributed by atoms with van der Waals surface area (Å²) in [5.41, 5.74) is 1.22. The average Bonchev–Trinajstić information content (AvgIpc) is 2.87. The highest BCUT2D eigenvalue weighted by Gasteiger charge is 2.42. The minimum atomic E-state index is -3.58. The lowest BCUT2D eigenvalue weighted by Crippen LogP contribution is -2.56. The van der Waals surface area contributed by atoms with Crippen molar-refractivity contribution in [3.8, 4) is 5.75 Å². The predicted molar refractivity (Wildman–Crippen MR) is 135 cm³/mol. The monoisotopic (exact) mass is 501 g/mol. The van der Waals surface area contributed by atoms with E-state index < -0.39 is 10.2 Å². The smallest absolute Gasteiger partial charge is 0.282 e. The molecule has 8 nitrogen and oxygen atoms in total. The summed E-state index contributed by atoms with van der Waals surface area (Å²) in [6, 6.07) is 17.2. The van der Waals surface area contributed by atoms with E-state index in [-0.39, 0.29) is 23.5 Å². The van der Waals surface area contributed by atoms with E-state index in [2.05, 4.69) is 17.4 Å². The Hall–Kier alpha value is -2.46. The van der Waals surface area contributed by atoms with Crippen LogP contribution < -0.4 is 10.1 Å². The molecule has 9 heteroatoms. The predicted octanol–water partition coefficient (Wildman–Crippen LogP) is 2.81. The highest BCUT2D eigenvalue weighted by Crippen LogP contribution is 2.36. The number of amides is 1. The summed E-state index contributed by atoms with van der Waals surface area (Å²) >= 11 is 0. The number of para-hydroxylation sites is 1. The molecule has 2 unspecified atom stereocenters. The number of nitrogens with one attached hydrogen (secondary N) is 1. The topological polar surface area (TPSA) is 88.2 Å². The number of rotatable bonds is 7. The van der Waals surface area contributed by atoms with Crippen molar-refractivity contribution in [3.63, 3.8) is 0 Å². The Labute approximate surface area is 208 Å². The van der Waals surface area contributed by atoms with E-state index in [1.807, 2.05) is 38.1 Å². The fourth-order valence-electron chi connectivity index (χ4n) is 5.16. The Morgan fingerprint density at radius 3 is 2.23 bits per heavy atom. The molecular formula is C26H35N3O5S.